The van der Waals surface area contributed by atoms with Gasteiger partial charge in [-0.3, -0.25) is 18.7 Å². The molecule has 0 bridgehead atoms. The number of anilines is 2. The molecular formula is C22H22N6O3. The molecule has 0 saturated heterocycles. The highest BCUT2D eigenvalue weighted by atomic mass is 16.2. The van der Waals surface area contributed by atoms with Crippen LogP contribution in [0.2, 0.25) is 0 Å². The normalized spacial score (nSPS) is 11.0. The van der Waals surface area contributed by atoms with E-state index in [2.05, 4.69) is 15.3 Å². The van der Waals surface area contributed by atoms with E-state index in [9.17, 15) is 14.4 Å². The lowest BCUT2D eigenvalue weighted by Crippen LogP contribution is -2.44. The minimum absolute atomic E-state index is 0.129. The van der Waals surface area contributed by atoms with Crippen molar-refractivity contribution in [1.29, 1.82) is 0 Å². The number of imidazole rings is 1. The van der Waals surface area contributed by atoms with Gasteiger partial charge in [-0.2, -0.15) is 0 Å². The van der Waals surface area contributed by atoms with Crippen LogP contribution in [0.5, 0.6) is 0 Å². The molecule has 4 rings (SSSR count). The molecule has 0 radical (unpaired) electrons. The van der Waals surface area contributed by atoms with Gasteiger partial charge in [0.05, 0.1) is 24.1 Å². The number of ketones is 1. The van der Waals surface area contributed by atoms with Gasteiger partial charge in [-0.25, -0.2) is 9.78 Å². The van der Waals surface area contributed by atoms with E-state index in [1.165, 1.54) is 4.57 Å². The molecule has 2 aromatic heterocycles. The molecule has 0 atom stereocenters. The number of fused-ring (bicyclic) bond motifs is 1. The average molecular weight is 418 g/mol. The summed E-state index contributed by atoms with van der Waals surface area (Å²) in [5.41, 5.74) is 7.13. The highest BCUT2D eigenvalue weighted by molar-refractivity contribution is 6.02. The average Bonchev–Trinajstić information content (AvgIpc) is 3.19. The first-order valence-corrected chi connectivity index (χ1v) is 9.88. The van der Waals surface area contributed by atoms with Crippen LogP contribution >= 0.6 is 0 Å². The van der Waals surface area contributed by atoms with E-state index in [4.69, 9.17) is 5.73 Å². The van der Waals surface area contributed by atoms with Crippen LogP contribution in [-0.4, -0.2) is 31.4 Å². The van der Waals surface area contributed by atoms with Crippen LogP contribution in [0.3, 0.4) is 0 Å². The SMILES string of the molecule is CCn1c(=O)c(C(=O)CNc2nc3ccccc3[nH]2)c(N)n(Cc2ccccc2)c1=O. The minimum atomic E-state index is -0.689. The molecule has 4 aromatic rings. The van der Waals surface area contributed by atoms with E-state index in [0.29, 0.717) is 5.95 Å². The van der Waals surface area contributed by atoms with Gasteiger partial charge in [0.25, 0.3) is 5.56 Å². The molecule has 2 aromatic carbocycles. The van der Waals surface area contributed by atoms with Crippen LogP contribution in [0.25, 0.3) is 11.0 Å². The zero-order valence-corrected chi connectivity index (χ0v) is 17.0. The smallest absolute Gasteiger partial charge is 0.332 e. The molecular weight excluding hydrogens is 396 g/mol. The molecule has 0 aliphatic carbocycles. The van der Waals surface area contributed by atoms with Gasteiger partial charge in [0.1, 0.15) is 11.4 Å². The quantitative estimate of drug-likeness (QED) is 0.393. The molecule has 2 heterocycles. The first-order valence-electron chi connectivity index (χ1n) is 9.88. The number of Topliss-reactive ketones (excluding diaryl/α,β-unsaturated/α-hetero) is 1. The minimum Gasteiger partial charge on any atom is -0.384 e. The highest BCUT2D eigenvalue weighted by Crippen LogP contribution is 2.14. The standard InChI is InChI=1S/C22H22N6O3/c1-2-27-20(30)18(19(23)28(22(27)31)13-14-8-4-3-5-9-14)17(29)12-24-21-25-15-10-6-7-11-16(15)26-21/h3-11H,2,12-13,23H2,1H3,(H2,24,25,26). The van der Waals surface area contributed by atoms with Crippen molar-refractivity contribution in [2.45, 2.75) is 20.0 Å². The van der Waals surface area contributed by atoms with Gasteiger partial charge in [-0.1, -0.05) is 42.5 Å². The number of nitrogens with one attached hydrogen (secondary N) is 2. The van der Waals surface area contributed by atoms with Gasteiger partial charge >= 0.3 is 5.69 Å². The number of aromatic nitrogens is 4. The van der Waals surface area contributed by atoms with E-state index < -0.39 is 17.0 Å². The lowest BCUT2D eigenvalue weighted by Gasteiger charge is -2.16. The summed E-state index contributed by atoms with van der Waals surface area (Å²) in [6.07, 6.45) is 0. The maximum atomic E-state index is 12.9. The second kappa shape index (κ2) is 8.31. The molecule has 9 nitrogen and oxygen atoms in total. The second-order valence-corrected chi connectivity index (χ2v) is 7.04. The van der Waals surface area contributed by atoms with Gasteiger partial charge in [0, 0.05) is 6.54 Å². The molecule has 158 valence electrons. The summed E-state index contributed by atoms with van der Waals surface area (Å²) in [4.78, 5) is 46.0. The van der Waals surface area contributed by atoms with Crippen molar-refractivity contribution in [2.75, 3.05) is 17.6 Å². The molecule has 0 aliphatic heterocycles. The molecule has 0 aliphatic rings. The number of nitrogens with two attached hydrogens (primary N) is 1. The van der Waals surface area contributed by atoms with Crippen LogP contribution in [0.4, 0.5) is 11.8 Å². The number of nitrogen functional groups attached to an aromatic ring is 1. The number of benzene rings is 2. The van der Waals surface area contributed by atoms with Crippen molar-refractivity contribution >= 4 is 28.6 Å². The molecule has 0 amide bonds. The Morgan fingerprint density at radius 3 is 2.48 bits per heavy atom. The number of para-hydroxylation sites is 2. The summed E-state index contributed by atoms with van der Waals surface area (Å²) in [7, 11) is 0. The monoisotopic (exact) mass is 418 g/mol. The molecule has 4 N–H and O–H groups in total. The van der Waals surface area contributed by atoms with E-state index in [1.54, 1.807) is 6.92 Å². The van der Waals surface area contributed by atoms with Crippen molar-refractivity contribution < 1.29 is 4.79 Å². The Labute approximate surface area is 177 Å². The van der Waals surface area contributed by atoms with Gasteiger partial charge in [0.15, 0.2) is 5.78 Å². The Kier molecular flexibility index (Phi) is 5.40. The number of nitrogens with zero attached hydrogens (tertiary/aromatic N) is 3. The summed E-state index contributed by atoms with van der Waals surface area (Å²) in [6, 6.07) is 16.7. The third-order valence-corrected chi connectivity index (χ3v) is 5.05. The topological polar surface area (TPSA) is 128 Å². The van der Waals surface area contributed by atoms with E-state index in [0.717, 1.165) is 21.2 Å². The molecule has 0 fully saturated rings. The predicted octanol–water partition coefficient (Wildman–Crippen LogP) is 1.83. The number of hydrogen-bond acceptors (Lipinski definition) is 6. The van der Waals surface area contributed by atoms with Gasteiger partial charge in [0.2, 0.25) is 5.95 Å². The first kappa shape index (κ1) is 20.1. The lowest BCUT2D eigenvalue weighted by molar-refractivity contribution is 0.100. The maximum Gasteiger partial charge on any atom is 0.332 e. The van der Waals surface area contributed by atoms with Gasteiger partial charge < -0.3 is 16.0 Å². The Balaban J connectivity index is 1.67. The molecule has 9 heteroatoms. The Bertz CT molecular complexity index is 1330. The summed E-state index contributed by atoms with van der Waals surface area (Å²) >= 11 is 0. The van der Waals surface area contributed by atoms with Gasteiger partial charge in [-0.15, -0.1) is 0 Å². The summed E-state index contributed by atoms with van der Waals surface area (Å²) < 4.78 is 2.28. The third kappa shape index (κ3) is 3.85. The van der Waals surface area contributed by atoms with Crippen molar-refractivity contribution in [1.82, 2.24) is 19.1 Å². The Hall–Kier alpha value is -4.14. The van der Waals surface area contributed by atoms with E-state index in [1.807, 2.05) is 54.6 Å². The van der Waals surface area contributed by atoms with Crippen molar-refractivity contribution in [3.8, 4) is 0 Å². The van der Waals surface area contributed by atoms with Crippen molar-refractivity contribution in [3.63, 3.8) is 0 Å². The van der Waals surface area contributed by atoms with Crippen LogP contribution in [0.15, 0.2) is 64.2 Å². The van der Waals surface area contributed by atoms with Gasteiger partial charge in [-0.05, 0) is 24.6 Å². The van der Waals surface area contributed by atoms with E-state index in [-0.39, 0.29) is 31.0 Å². The summed E-state index contributed by atoms with van der Waals surface area (Å²) in [5.74, 6) is -0.256. The lowest BCUT2D eigenvalue weighted by atomic mass is 10.1. The van der Waals surface area contributed by atoms with Crippen molar-refractivity contribution in [2.24, 2.45) is 0 Å². The number of H-pyrrole nitrogens is 1. The van der Waals surface area contributed by atoms with Crippen LogP contribution in [0, 0.1) is 0 Å². The number of aromatic amines is 1. The second-order valence-electron chi connectivity index (χ2n) is 7.04. The Morgan fingerprint density at radius 1 is 1.06 bits per heavy atom. The molecule has 0 unspecified atom stereocenters. The molecule has 31 heavy (non-hydrogen) atoms. The summed E-state index contributed by atoms with van der Waals surface area (Å²) in [5, 5.41) is 2.90. The zero-order chi connectivity index (χ0) is 22.0. The number of rotatable bonds is 7. The Morgan fingerprint density at radius 2 is 1.77 bits per heavy atom. The van der Waals surface area contributed by atoms with Crippen LogP contribution in [0.1, 0.15) is 22.8 Å². The first-order chi connectivity index (χ1) is 15.0. The fourth-order valence-electron chi connectivity index (χ4n) is 3.46. The fourth-order valence-corrected chi connectivity index (χ4v) is 3.46. The number of hydrogen-bond donors (Lipinski definition) is 3. The largest absolute Gasteiger partial charge is 0.384 e. The zero-order valence-electron chi connectivity index (χ0n) is 17.0. The van der Waals surface area contributed by atoms with E-state index >= 15 is 0 Å². The fraction of sp³-hybridized carbons (Fsp3) is 0.182. The highest BCUT2D eigenvalue weighted by Gasteiger charge is 2.22. The predicted molar refractivity (Wildman–Crippen MR) is 120 cm³/mol. The maximum absolute atomic E-state index is 12.9. The molecule has 0 saturated carbocycles. The number of carbonyl (C=O) groups excluding carboxylic acids is 1. The van der Waals surface area contributed by atoms with Crippen LogP contribution in [-0.2, 0) is 13.1 Å². The van der Waals surface area contributed by atoms with Crippen LogP contribution < -0.4 is 22.3 Å². The third-order valence-electron chi connectivity index (χ3n) is 5.05. The number of carbonyl (C=O) groups is 1. The van der Waals surface area contributed by atoms with Crippen molar-refractivity contribution in [3.05, 3.63) is 86.6 Å². The molecule has 0 spiro atoms. The summed E-state index contributed by atoms with van der Waals surface area (Å²) in [6.45, 7) is 1.76.